The van der Waals surface area contributed by atoms with E-state index in [1.165, 1.54) is 5.56 Å². The smallest absolute Gasteiger partial charge is 0.221 e. The van der Waals surface area contributed by atoms with Gasteiger partial charge in [0.25, 0.3) is 0 Å². The molecule has 134 valence electrons. The topological polar surface area (TPSA) is 64.2 Å². The van der Waals surface area contributed by atoms with Crippen LogP contribution >= 0.6 is 0 Å². The molecule has 4 heterocycles. The van der Waals surface area contributed by atoms with Crippen LogP contribution in [0.25, 0.3) is 11.3 Å². The van der Waals surface area contributed by atoms with Crippen molar-refractivity contribution in [3.63, 3.8) is 0 Å². The van der Waals surface area contributed by atoms with E-state index in [0.717, 1.165) is 28.3 Å². The lowest BCUT2D eigenvalue weighted by molar-refractivity contribution is -0.121. The highest BCUT2D eigenvalue weighted by Gasteiger charge is 2.29. The molecule has 0 radical (unpaired) electrons. The summed E-state index contributed by atoms with van der Waals surface area (Å²) in [6.07, 6.45) is 6.27. The predicted molar refractivity (Wildman–Crippen MR) is 102 cm³/mol. The van der Waals surface area contributed by atoms with E-state index >= 15 is 0 Å². The molecule has 0 unspecified atom stereocenters. The second-order valence-corrected chi connectivity index (χ2v) is 6.96. The number of hydrogen-bond donors (Lipinski definition) is 1. The van der Waals surface area contributed by atoms with Gasteiger partial charge in [-0.3, -0.25) is 4.79 Å². The van der Waals surface area contributed by atoms with E-state index in [1.54, 1.807) is 0 Å². The second-order valence-electron chi connectivity index (χ2n) is 6.96. The van der Waals surface area contributed by atoms with Gasteiger partial charge in [-0.05, 0) is 36.8 Å². The normalized spacial score (nSPS) is 16.8. The molecule has 3 aromatic heterocycles. The minimum absolute atomic E-state index is 0.0333. The molecular weight excluding hydrogens is 338 g/mol. The maximum absolute atomic E-state index is 12.3. The summed E-state index contributed by atoms with van der Waals surface area (Å²) in [6, 6.07) is 14.2. The van der Waals surface area contributed by atoms with Crippen molar-refractivity contribution in [2.24, 2.45) is 0 Å². The molecule has 0 bridgehead atoms. The van der Waals surface area contributed by atoms with Gasteiger partial charge in [0.1, 0.15) is 5.65 Å². The van der Waals surface area contributed by atoms with Gasteiger partial charge in [0, 0.05) is 30.3 Å². The van der Waals surface area contributed by atoms with Crippen LogP contribution in [0.1, 0.15) is 34.9 Å². The van der Waals surface area contributed by atoms with E-state index in [2.05, 4.69) is 33.9 Å². The van der Waals surface area contributed by atoms with E-state index in [-0.39, 0.29) is 11.8 Å². The van der Waals surface area contributed by atoms with Crippen LogP contribution in [-0.2, 0) is 11.3 Å². The number of aryl methyl sites for hydroxylation is 1. The van der Waals surface area contributed by atoms with E-state index < -0.39 is 0 Å². The van der Waals surface area contributed by atoms with Gasteiger partial charge >= 0.3 is 0 Å². The maximum atomic E-state index is 12.3. The van der Waals surface area contributed by atoms with Gasteiger partial charge in [0.2, 0.25) is 5.91 Å². The number of carbonyl (C=O) groups is 1. The summed E-state index contributed by atoms with van der Waals surface area (Å²) in [5.41, 5.74) is 6.09. The summed E-state index contributed by atoms with van der Waals surface area (Å²) in [5, 5.41) is 7.52. The number of hydrogen-bond acceptors (Lipinski definition) is 3. The highest BCUT2D eigenvalue weighted by atomic mass is 16.1. The molecule has 0 aliphatic carbocycles. The van der Waals surface area contributed by atoms with Gasteiger partial charge in [0.15, 0.2) is 0 Å². The number of rotatable bonds is 2. The molecular formula is C21H19N5O. The number of imidazole rings is 1. The van der Waals surface area contributed by atoms with E-state index in [0.29, 0.717) is 13.0 Å². The number of pyridine rings is 1. The van der Waals surface area contributed by atoms with Crippen molar-refractivity contribution in [1.29, 1.82) is 0 Å². The third-order valence-electron chi connectivity index (χ3n) is 5.09. The maximum Gasteiger partial charge on any atom is 0.221 e. The summed E-state index contributed by atoms with van der Waals surface area (Å²) in [7, 11) is 0. The Balaban J connectivity index is 1.63. The SMILES string of the molecule is Cc1cccc(-n2cc([C@@H]3CC(=O)NCc4nc5ccccn5c43)cn2)c1. The Morgan fingerprint density at radius 1 is 1.19 bits per heavy atom. The van der Waals surface area contributed by atoms with Crippen LogP contribution in [0.4, 0.5) is 0 Å². The number of nitrogens with zero attached hydrogens (tertiary/aromatic N) is 4. The number of fused-ring (bicyclic) bond motifs is 3. The first-order valence-corrected chi connectivity index (χ1v) is 9.03. The molecule has 1 aliphatic heterocycles. The van der Waals surface area contributed by atoms with Crippen LogP contribution in [-0.4, -0.2) is 25.1 Å². The number of benzene rings is 1. The van der Waals surface area contributed by atoms with Crippen molar-refractivity contribution in [2.75, 3.05) is 0 Å². The minimum Gasteiger partial charge on any atom is -0.350 e. The highest BCUT2D eigenvalue weighted by Crippen LogP contribution is 2.33. The minimum atomic E-state index is -0.0848. The zero-order valence-electron chi connectivity index (χ0n) is 15.0. The van der Waals surface area contributed by atoms with Crippen molar-refractivity contribution in [3.05, 3.63) is 83.6 Å². The second kappa shape index (κ2) is 6.09. The summed E-state index contributed by atoms with van der Waals surface area (Å²) in [4.78, 5) is 17.0. The Morgan fingerprint density at radius 2 is 2.11 bits per heavy atom. The molecule has 6 heteroatoms. The lowest BCUT2D eigenvalue weighted by Gasteiger charge is -2.13. The van der Waals surface area contributed by atoms with Crippen molar-refractivity contribution >= 4 is 11.6 Å². The molecule has 27 heavy (non-hydrogen) atoms. The van der Waals surface area contributed by atoms with Crippen LogP contribution in [0.3, 0.4) is 0 Å². The van der Waals surface area contributed by atoms with Gasteiger partial charge in [0.05, 0.1) is 29.8 Å². The largest absolute Gasteiger partial charge is 0.350 e. The molecule has 0 spiro atoms. The molecule has 0 saturated carbocycles. The quantitative estimate of drug-likeness (QED) is 0.600. The van der Waals surface area contributed by atoms with Gasteiger partial charge in [-0.1, -0.05) is 18.2 Å². The van der Waals surface area contributed by atoms with E-state index in [9.17, 15) is 4.79 Å². The lowest BCUT2D eigenvalue weighted by Crippen LogP contribution is -2.21. The molecule has 0 saturated heterocycles. The molecule has 1 amide bonds. The summed E-state index contributed by atoms with van der Waals surface area (Å²) in [6.45, 7) is 2.52. The Bertz CT molecular complexity index is 1160. The number of aromatic nitrogens is 4. The Labute approximate surface area is 156 Å². The van der Waals surface area contributed by atoms with Crippen LogP contribution in [0.15, 0.2) is 61.1 Å². The van der Waals surface area contributed by atoms with E-state index in [4.69, 9.17) is 4.98 Å². The van der Waals surface area contributed by atoms with E-state index in [1.807, 2.05) is 53.6 Å². The average molecular weight is 357 g/mol. The third-order valence-corrected chi connectivity index (χ3v) is 5.09. The third kappa shape index (κ3) is 2.70. The molecule has 0 fully saturated rings. The fourth-order valence-electron chi connectivity index (χ4n) is 3.80. The zero-order chi connectivity index (χ0) is 18.4. The number of nitrogens with one attached hydrogen (secondary N) is 1. The molecule has 1 aliphatic rings. The molecule has 1 N–H and O–H groups in total. The summed E-state index contributed by atoms with van der Waals surface area (Å²) >= 11 is 0. The van der Waals surface area contributed by atoms with Crippen molar-refractivity contribution in [3.8, 4) is 5.69 Å². The zero-order valence-corrected chi connectivity index (χ0v) is 15.0. The summed E-state index contributed by atoms with van der Waals surface area (Å²) in [5.74, 6) is -0.0514. The molecule has 1 aromatic carbocycles. The van der Waals surface area contributed by atoms with Crippen molar-refractivity contribution in [1.82, 2.24) is 24.5 Å². The van der Waals surface area contributed by atoms with Crippen LogP contribution in [0, 0.1) is 6.92 Å². The summed E-state index contributed by atoms with van der Waals surface area (Å²) < 4.78 is 3.96. The Morgan fingerprint density at radius 3 is 3.00 bits per heavy atom. The predicted octanol–water partition coefficient (Wildman–Crippen LogP) is 2.98. The van der Waals surface area contributed by atoms with Crippen LogP contribution in [0.5, 0.6) is 0 Å². The average Bonchev–Trinajstić information content (AvgIpc) is 3.26. The highest BCUT2D eigenvalue weighted by molar-refractivity contribution is 5.78. The number of amides is 1. The molecule has 1 atom stereocenters. The number of carbonyl (C=O) groups excluding carboxylic acids is 1. The molecule has 6 nitrogen and oxygen atoms in total. The van der Waals surface area contributed by atoms with Crippen molar-refractivity contribution in [2.45, 2.75) is 25.8 Å². The lowest BCUT2D eigenvalue weighted by atomic mass is 9.94. The van der Waals surface area contributed by atoms with Gasteiger partial charge in [-0.25, -0.2) is 9.67 Å². The van der Waals surface area contributed by atoms with Crippen LogP contribution in [0.2, 0.25) is 0 Å². The monoisotopic (exact) mass is 357 g/mol. The fourth-order valence-corrected chi connectivity index (χ4v) is 3.80. The first kappa shape index (κ1) is 15.8. The van der Waals surface area contributed by atoms with Gasteiger partial charge in [-0.15, -0.1) is 0 Å². The Hall–Kier alpha value is -3.41. The van der Waals surface area contributed by atoms with Gasteiger partial charge in [-0.2, -0.15) is 5.10 Å². The standard InChI is InChI=1S/C21H19N5O/c1-14-5-4-6-16(9-14)26-13-15(11-23-26)17-10-20(27)22-12-18-21(17)25-8-3-2-7-19(25)24-18/h2-9,11,13,17H,10,12H2,1H3,(H,22,27)/t17-/m0/s1. The van der Waals surface area contributed by atoms with Gasteiger partial charge < -0.3 is 9.72 Å². The first-order chi connectivity index (χ1) is 13.2. The molecule has 4 aromatic rings. The Kier molecular flexibility index (Phi) is 3.57. The fraction of sp³-hybridized carbons (Fsp3) is 0.190. The van der Waals surface area contributed by atoms with Crippen LogP contribution < -0.4 is 5.32 Å². The van der Waals surface area contributed by atoms with Crippen molar-refractivity contribution < 1.29 is 4.79 Å². The first-order valence-electron chi connectivity index (χ1n) is 9.03. The molecule has 5 rings (SSSR count).